The van der Waals surface area contributed by atoms with Gasteiger partial charge in [0.2, 0.25) is 0 Å². The van der Waals surface area contributed by atoms with Crippen molar-refractivity contribution in [3.8, 4) is 17.2 Å². The molecule has 2 atom stereocenters. The number of benzene rings is 2. The zero-order valence-corrected chi connectivity index (χ0v) is 13.0. The first-order valence-corrected chi connectivity index (χ1v) is 7.97. The van der Waals surface area contributed by atoms with Gasteiger partial charge in [0.15, 0.2) is 0 Å². The van der Waals surface area contributed by atoms with E-state index in [1.165, 1.54) is 0 Å². The van der Waals surface area contributed by atoms with Crippen LogP contribution in [0.4, 0.5) is 0 Å². The second kappa shape index (κ2) is 7.03. The summed E-state index contributed by atoms with van der Waals surface area (Å²) in [6, 6.07) is 14.7. The van der Waals surface area contributed by atoms with Gasteiger partial charge in [-0.1, -0.05) is 18.0 Å². The minimum absolute atomic E-state index is 0.100. The third kappa shape index (κ3) is 3.93. The summed E-state index contributed by atoms with van der Waals surface area (Å²) in [5.74, 6) is 2.23. The normalized spacial score (nSPS) is 21.4. The Balaban J connectivity index is 1.61. The minimum Gasteiger partial charge on any atom is -0.488 e. The summed E-state index contributed by atoms with van der Waals surface area (Å²) in [5.41, 5.74) is 0. The molecule has 2 unspecified atom stereocenters. The van der Waals surface area contributed by atoms with Crippen molar-refractivity contribution >= 4 is 11.6 Å². The lowest BCUT2D eigenvalue weighted by Gasteiger charge is -2.28. The van der Waals surface area contributed by atoms with Gasteiger partial charge in [0.25, 0.3) is 0 Å². The van der Waals surface area contributed by atoms with Gasteiger partial charge in [-0.15, -0.1) is 0 Å². The van der Waals surface area contributed by atoms with Crippen molar-refractivity contribution in [2.24, 2.45) is 0 Å². The van der Waals surface area contributed by atoms with E-state index in [2.05, 4.69) is 0 Å². The number of ether oxygens (including phenoxy) is 2. The molecule has 0 heterocycles. The van der Waals surface area contributed by atoms with Crippen molar-refractivity contribution in [2.75, 3.05) is 0 Å². The van der Waals surface area contributed by atoms with E-state index in [0.717, 1.165) is 42.9 Å². The Kier molecular flexibility index (Phi) is 4.86. The maximum absolute atomic E-state index is 9.94. The number of aliphatic hydroxyl groups excluding tert-OH is 1. The molecule has 116 valence electrons. The quantitative estimate of drug-likeness (QED) is 0.878. The third-order valence-corrected chi connectivity index (χ3v) is 4.08. The Morgan fingerprint density at radius 2 is 1.36 bits per heavy atom. The molecule has 0 radical (unpaired) electrons. The maximum Gasteiger partial charge on any atom is 0.127 e. The first-order valence-electron chi connectivity index (χ1n) is 7.59. The fourth-order valence-corrected chi connectivity index (χ4v) is 2.74. The minimum atomic E-state index is -0.362. The van der Waals surface area contributed by atoms with Gasteiger partial charge >= 0.3 is 0 Å². The average molecular weight is 319 g/mol. The van der Waals surface area contributed by atoms with Gasteiger partial charge in [0.1, 0.15) is 23.4 Å². The van der Waals surface area contributed by atoms with E-state index in [1.54, 1.807) is 12.1 Å². The van der Waals surface area contributed by atoms with Gasteiger partial charge in [-0.2, -0.15) is 0 Å². The molecule has 2 aromatic carbocycles. The standard InChI is InChI=1S/C18H19ClO3/c19-13-5-7-14(8-6-13)21-15-9-11-16(12-10-15)22-18-4-2-1-3-17(18)20/h5-12,17-18,20H,1-4H2. The van der Waals surface area contributed by atoms with Crippen LogP contribution in [0.5, 0.6) is 17.2 Å². The number of rotatable bonds is 4. The largest absolute Gasteiger partial charge is 0.488 e. The Morgan fingerprint density at radius 1 is 0.818 bits per heavy atom. The second-order valence-electron chi connectivity index (χ2n) is 5.54. The summed E-state index contributed by atoms with van der Waals surface area (Å²) in [5, 5.41) is 10.6. The summed E-state index contributed by atoms with van der Waals surface area (Å²) in [7, 11) is 0. The van der Waals surface area contributed by atoms with Gasteiger partial charge in [-0.05, 0) is 67.8 Å². The van der Waals surface area contributed by atoms with Gasteiger partial charge in [-0.25, -0.2) is 0 Å². The van der Waals surface area contributed by atoms with E-state index < -0.39 is 0 Å². The molecular formula is C18H19ClO3. The maximum atomic E-state index is 9.94. The van der Waals surface area contributed by atoms with Crippen LogP contribution < -0.4 is 9.47 Å². The summed E-state index contributed by atoms with van der Waals surface area (Å²) < 4.78 is 11.6. The molecule has 2 aromatic rings. The highest BCUT2D eigenvalue weighted by Gasteiger charge is 2.24. The second-order valence-corrected chi connectivity index (χ2v) is 5.97. The number of hydrogen-bond donors (Lipinski definition) is 1. The molecule has 0 saturated heterocycles. The van der Waals surface area contributed by atoms with E-state index in [1.807, 2.05) is 36.4 Å². The van der Waals surface area contributed by atoms with Crippen LogP contribution in [0.1, 0.15) is 25.7 Å². The van der Waals surface area contributed by atoms with Crippen molar-refractivity contribution in [3.05, 3.63) is 53.6 Å². The predicted octanol–water partition coefficient (Wildman–Crippen LogP) is 4.81. The zero-order chi connectivity index (χ0) is 15.4. The van der Waals surface area contributed by atoms with Crippen molar-refractivity contribution in [2.45, 2.75) is 37.9 Å². The van der Waals surface area contributed by atoms with Gasteiger partial charge < -0.3 is 14.6 Å². The molecule has 3 nitrogen and oxygen atoms in total. The van der Waals surface area contributed by atoms with E-state index >= 15 is 0 Å². The molecule has 1 aliphatic rings. The molecule has 0 bridgehead atoms. The molecule has 0 spiro atoms. The molecule has 22 heavy (non-hydrogen) atoms. The van der Waals surface area contributed by atoms with E-state index in [-0.39, 0.29) is 12.2 Å². The van der Waals surface area contributed by atoms with Gasteiger partial charge in [-0.3, -0.25) is 0 Å². The van der Waals surface area contributed by atoms with Crippen LogP contribution in [0, 0.1) is 0 Å². The van der Waals surface area contributed by atoms with Crippen molar-refractivity contribution in [1.29, 1.82) is 0 Å². The van der Waals surface area contributed by atoms with E-state index in [4.69, 9.17) is 21.1 Å². The van der Waals surface area contributed by atoms with E-state index in [9.17, 15) is 5.11 Å². The van der Waals surface area contributed by atoms with Crippen LogP contribution in [-0.2, 0) is 0 Å². The summed E-state index contributed by atoms with van der Waals surface area (Å²) in [4.78, 5) is 0. The molecule has 1 saturated carbocycles. The highest BCUT2D eigenvalue weighted by atomic mass is 35.5. The Hall–Kier alpha value is -1.71. The van der Waals surface area contributed by atoms with E-state index in [0.29, 0.717) is 5.02 Å². The molecule has 0 amide bonds. The van der Waals surface area contributed by atoms with Gasteiger partial charge in [0, 0.05) is 5.02 Å². The van der Waals surface area contributed by atoms with Crippen LogP contribution in [0.25, 0.3) is 0 Å². The smallest absolute Gasteiger partial charge is 0.127 e. The number of aliphatic hydroxyl groups is 1. The Morgan fingerprint density at radius 3 is 2.00 bits per heavy atom. The first-order chi connectivity index (χ1) is 10.7. The van der Waals surface area contributed by atoms with Crippen LogP contribution in [0.15, 0.2) is 48.5 Å². The zero-order valence-electron chi connectivity index (χ0n) is 12.2. The SMILES string of the molecule is OC1CCCCC1Oc1ccc(Oc2ccc(Cl)cc2)cc1. The lowest BCUT2D eigenvalue weighted by atomic mass is 9.95. The van der Waals surface area contributed by atoms with Crippen molar-refractivity contribution in [3.63, 3.8) is 0 Å². The summed E-state index contributed by atoms with van der Waals surface area (Å²) in [6.45, 7) is 0. The van der Waals surface area contributed by atoms with Crippen molar-refractivity contribution < 1.29 is 14.6 Å². The summed E-state index contributed by atoms with van der Waals surface area (Å²) >= 11 is 5.85. The molecule has 1 fully saturated rings. The fourth-order valence-electron chi connectivity index (χ4n) is 2.61. The predicted molar refractivity (Wildman–Crippen MR) is 86.9 cm³/mol. The van der Waals surface area contributed by atoms with Gasteiger partial charge in [0.05, 0.1) is 6.10 Å². The topological polar surface area (TPSA) is 38.7 Å². The first kappa shape index (κ1) is 15.2. The molecule has 0 aromatic heterocycles. The average Bonchev–Trinajstić information content (AvgIpc) is 2.54. The highest BCUT2D eigenvalue weighted by molar-refractivity contribution is 6.30. The lowest BCUT2D eigenvalue weighted by molar-refractivity contribution is 0.00686. The van der Waals surface area contributed by atoms with Crippen molar-refractivity contribution in [1.82, 2.24) is 0 Å². The lowest BCUT2D eigenvalue weighted by Crippen LogP contribution is -2.34. The summed E-state index contributed by atoms with van der Waals surface area (Å²) in [6.07, 6.45) is 3.46. The monoisotopic (exact) mass is 318 g/mol. The Labute approximate surface area is 135 Å². The molecule has 0 aliphatic heterocycles. The van der Waals surface area contributed by atoms with Crippen LogP contribution in [-0.4, -0.2) is 17.3 Å². The molecule has 1 N–H and O–H groups in total. The highest BCUT2D eigenvalue weighted by Crippen LogP contribution is 2.27. The Bertz CT molecular complexity index is 595. The fraction of sp³-hybridized carbons (Fsp3) is 0.333. The number of halogens is 1. The molecule has 1 aliphatic carbocycles. The molecule has 4 heteroatoms. The third-order valence-electron chi connectivity index (χ3n) is 3.83. The molecule has 3 rings (SSSR count). The van der Waals surface area contributed by atoms with Crippen LogP contribution >= 0.6 is 11.6 Å². The number of hydrogen-bond acceptors (Lipinski definition) is 3. The molecular weight excluding hydrogens is 300 g/mol. The van der Waals surface area contributed by atoms with Crippen LogP contribution in [0.3, 0.4) is 0 Å². The van der Waals surface area contributed by atoms with Crippen LogP contribution in [0.2, 0.25) is 5.02 Å².